The fraction of sp³-hybridized carbons (Fsp3) is 0.500. The summed E-state index contributed by atoms with van der Waals surface area (Å²) in [5, 5.41) is 0. The van der Waals surface area contributed by atoms with Crippen molar-refractivity contribution in [3.63, 3.8) is 0 Å². The van der Waals surface area contributed by atoms with E-state index >= 15 is 0 Å². The molecule has 0 unspecified atom stereocenters. The largest absolute Gasteiger partial charge is 0.394 e. The molecule has 0 bridgehead atoms. The summed E-state index contributed by atoms with van der Waals surface area (Å²) in [7, 11) is 0. The van der Waals surface area contributed by atoms with Crippen LogP contribution in [0.5, 0.6) is 0 Å². The Balaban J connectivity index is 2.92. The third kappa shape index (κ3) is 2.93. The highest BCUT2D eigenvalue weighted by Crippen LogP contribution is 2.15. The van der Waals surface area contributed by atoms with Gasteiger partial charge in [-0.2, -0.15) is 0 Å². The van der Waals surface area contributed by atoms with Gasteiger partial charge in [0.2, 0.25) is 5.43 Å². The molecule has 0 saturated heterocycles. The zero-order chi connectivity index (χ0) is 10.1. The molecule has 0 aliphatic heterocycles. The quantitative estimate of drug-likeness (QED) is 0.711. The van der Waals surface area contributed by atoms with Crippen LogP contribution >= 0.6 is 0 Å². The number of nitrogen functional groups attached to an aromatic ring is 1. The Kier molecular flexibility index (Phi) is 2.45. The molecule has 3 nitrogen and oxygen atoms in total. The smallest absolute Gasteiger partial charge is 0.204 e. The Morgan fingerprint density at radius 3 is 2.54 bits per heavy atom. The number of anilines is 1. The van der Waals surface area contributed by atoms with E-state index in [0.717, 1.165) is 6.54 Å². The molecule has 72 valence electrons. The number of hydrogen-bond acceptors (Lipinski definition) is 2. The third-order valence-corrected chi connectivity index (χ3v) is 1.66. The van der Waals surface area contributed by atoms with Crippen molar-refractivity contribution in [1.29, 1.82) is 0 Å². The molecule has 0 radical (unpaired) electrons. The topological polar surface area (TPSA) is 48.0 Å². The molecule has 0 aromatic carbocycles. The predicted molar refractivity (Wildman–Crippen MR) is 54.6 cm³/mol. The second kappa shape index (κ2) is 3.24. The highest BCUT2D eigenvalue weighted by molar-refractivity contribution is 5.33. The van der Waals surface area contributed by atoms with Crippen LogP contribution < -0.4 is 11.2 Å². The van der Waals surface area contributed by atoms with E-state index in [2.05, 4.69) is 20.8 Å². The molecular formula is C10H16N2O. The van der Waals surface area contributed by atoms with E-state index in [1.807, 2.05) is 4.57 Å². The van der Waals surface area contributed by atoms with Gasteiger partial charge in [-0.1, -0.05) is 20.8 Å². The first-order valence-corrected chi connectivity index (χ1v) is 4.34. The first-order chi connectivity index (χ1) is 5.88. The molecule has 1 rings (SSSR count). The van der Waals surface area contributed by atoms with E-state index in [9.17, 15) is 4.79 Å². The number of hydrogen-bond donors (Lipinski definition) is 1. The molecule has 13 heavy (non-hydrogen) atoms. The third-order valence-electron chi connectivity index (χ3n) is 1.66. The monoisotopic (exact) mass is 180 g/mol. The average molecular weight is 180 g/mol. The molecule has 1 aromatic heterocycles. The molecule has 0 saturated carbocycles. The van der Waals surface area contributed by atoms with Gasteiger partial charge in [0.15, 0.2) is 0 Å². The van der Waals surface area contributed by atoms with Gasteiger partial charge >= 0.3 is 0 Å². The maximum Gasteiger partial charge on any atom is 0.204 e. The number of nitrogens with zero attached hydrogens (tertiary/aromatic N) is 1. The minimum atomic E-state index is -0.106. The van der Waals surface area contributed by atoms with Gasteiger partial charge in [0, 0.05) is 25.0 Å². The van der Waals surface area contributed by atoms with Gasteiger partial charge in [0.1, 0.15) is 0 Å². The fourth-order valence-electron chi connectivity index (χ4n) is 1.19. The maximum absolute atomic E-state index is 11.0. The van der Waals surface area contributed by atoms with Gasteiger partial charge in [0.25, 0.3) is 0 Å². The van der Waals surface area contributed by atoms with E-state index in [-0.39, 0.29) is 10.8 Å². The van der Waals surface area contributed by atoms with Gasteiger partial charge < -0.3 is 10.3 Å². The summed E-state index contributed by atoms with van der Waals surface area (Å²) in [5.41, 5.74) is 5.91. The van der Waals surface area contributed by atoms with Crippen LogP contribution in [0.15, 0.2) is 23.3 Å². The second-order valence-electron chi connectivity index (χ2n) is 4.50. The van der Waals surface area contributed by atoms with Gasteiger partial charge in [-0.05, 0) is 5.41 Å². The van der Waals surface area contributed by atoms with Crippen LogP contribution in [0.25, 0.3) is 0 Å². The van der Waals surface area contributed by atoms with E-state index in [1.165, 1.54) is 6.07 Å². The lowest BCUT2D eigenvalue weighted by molar-refractivity contribution is 0.343. The van der Waals surface area contributed by atoms with Crippen LogP contribution in [0, 0.1) is 5.41 Å². The van der Waals surface area contributed by atoms with Crippen LogP contribution in [-0.2, 0) is 6.54 Å². The van der Waals surface area contributed by atoms with E-state index in [0.29, 0.717) is 5.69 Å². The number of aromatic nitrogens is 1. The van der Waals surface area contributed by atoms with E-state index in [1.54, 1.807) is 12.4 Å². The number of nitrogens with two attached hydrogens (primary N) is 1. The van der Waals surface area contributed by atoms with Crippen LogP contribution in [0.4, 0.5) is 5.69 Å². The zero-order valence-corrected chi connectivity index (χ0v) is 8.37. The lowest BCUT2D eigenvalue weighted by atomic mass is 9.97. The molecule has 3 heteroatoms. The van der Waals surface area contributed by atoms with Crippen molar-refractivity contribution in [2.45, 2.75) is 27.3 Å². The predicted octanol–water partition coefficient (Wildman–Crippen LogP) is 1.48. The van der Waals surface area contributed by atoms with Crippen LogP contribution in [-0.4, -0.2) is 4.57 Å². The molecule has 2 N–H and O–H groups in total. The summed E-state index contributed by atoms with van der Waals surface area (Å²) in [4.78, 5) is 11.0. The Morgan fingerprint density at radius 2 is 2.08 bits per heavy atom. The molecule has 0 aliphatic carbocycles. The number of pyridine rings is 1. The number of rotatable bonds is 1. The molecule has 0 atom stereocenters. The van der Waals surface area contributed by atoms with Crippen LogP contribution in [0.3, 0.4) is 0 Å². The molecular weight excluding hydrogens is 164 g/mol. The molecule has 0 aliphatic rings. The molecule has 1 heterocycles. The van der Waals surface area contributed by atoms with Crippen LogP contribution in [0.1, 0.15) is 20.8 Å². The van der Waals surface area contributed by atoms with Gasteiger partial charge in [-0.25, -0.2) is 0 Å². The highest BCUT2D eigenvalue weighted by Gasteiger charge is 2.10. The average Bonchev–Trinajstić information content (AvgIpc) is 1.94. The summed E-state index contributed by atoms with van der Waals surface area (Å²) in [6.45, 7) is 7.28. The first kappa shape index (κ1) is 9.84. The van der Waals surface area contributed by atoms with Crippen molar-refractivity contribution >= 4 is 5.69 Å². The summed E-state index contributed by atoms with van der Waals surface area (Å²) < 4.78 is 1.94. The standard InChI is InChI=1S/C10H16N2O/c1-10(2,3)7-12-5-4-9(13)8(11)6-12/h4-6H,7,11H2,1-3H3. The van der Waals surface area contributed by atoms with Gasteiger partial charge in [-0.3, -0.25) is 4.79 Å². The summed E-state index contributed by atoms with van der Waals surface area (Å²) in [6.07, 6.45) is 3.46. The van der Waals surface area contributed by atoms with Gasteiger partial charge in [0.05, 0.1) is 5.69 Å². The molecule has 0 amide bonds. The van der Waals surface area contributed by atoms with Crippen molar-refractivity contribution in [2.75, 3.05) is 5.73 Å². The normalized spacial score (nSPS) is 11.6. The highest BCUT2D eigenvalue weighted by atomic mass is 16.1. The van der Waals surface area contributed by atoms with Crippen molar-refractivity contribution in [1.82, 2.24) is 4.57 Å². The second-order valence-corrected chi connectivity index (χ2v) is 4.50. The van der Waals surface area contributed by atoms with Crippen molar-refractivity contribution < 1.29 is 0 Å². The first-order valence-electron chi connectivity index (χ1n) is 4.34. The van der Waals surface area contributed by atoms with E-state index in [4.69, 9.17) is 5.73 Å². The Morgan fingerprint density at radius 1 is 1.46 bits per heavy atom. The Bertz CT molecular complexity index is 347. The van der Waals surface area contributed by atoms with E-state index < -0.39 is 0 Å². The minimum absolute atomic E-state index is 0.106. The zero-order valence-electron chi connectivity index (χ0n) is 8.37. The summed E-state index contributed by atoms with van der Waals surface area (Å²) >= 11 is 0. The Hall–Kier alpha value is -1.25. The fourth-order valence-corrected chi connectivity index (χ4v) is 1.19. The van der Waals surface area contributed by atoms with Crippen LogP contribution in [0.2, 0.25) is 0 Å². The maximum atomic E-state index is 11.0. The van der Waals surface area contributed by atoms with Gasteiger partial charge in [-0.15, -0.1) is 0 Å². The summed E-state index contributed by atoms with van der Waals surface area (Å²) in [5.74, 6) is 0. The lowest BCUT2D eigenvalue weighted by Crippen LogP contribution is -2.18. The molecule has 0 fully saturated rings. The van der Waals surface area contributed by atoms with Crippen molar-refractivity contribution in [3.05, 3.63) is 28.7 Å². The lowest BCUT2D eigenvalue weighted by Gasteiger charge is -2.20. The van der Waals surface area contributed by atoms with Crippen molar-refractivity contribution in [2.24, 2.45) is 5.41 Å². The van der Waals surface area contributed by atoms with Crippen molar-refractivity contribution in [3.8, 4) is 0 Å². The Labute approximate surface area is 78.2 Å². The molecule has 1 aromatic rings. The minimum Gasteiger partial charge on any atom is -0.394 e. The summed E-state index contributed by atoms with van der Waals surface area (Å²) in [6, 6.07) is 1.50. The SMILES string of the molecule is CC(C)(C)Cn1ccc(=O)c(N)c1. The molecule has 0 spiro atoms.